The molecule has 1 aliphatic carbocycles. The van der Waals surface area contributed by atoms with Gasteiger partial charge in [0, 0.05) is 32.0 Å². The number of rotatable bonds is 9. The average Bonchev–Trinajstić information content (AvgIpc) is 3.67. The second-order valence-electron chi connectivity index (χ2n) is 9.26. The molecule has 0 spiro atoms. The molecule has 10 nitrogen and oxygen atoms in total. The maximum absolute atomic E-state index is 13.8. The Labute approximate surface area is 218 Å². The minimum absolute atomic E-state index is 0.157. The molecular weight excluding hydrogens is 482 g/mol. The fraction of sp³-hybridized carbons (Fsp3) is 0.600. The van der Waals surface area contributed by atoms with E-state index in [1.54, 1.807) is 25.4 Å². The van der Waals surface area contributed by atoms with Gasteiger partial charge >= 0.3 is 0 Å². The summed E-state index contributed by atoms with van der Waals surface area (Å²) >= 11 is 0. The molecule has 1 aromatic rings. The fourth-order valence-corrected chi connectivity index (χ4v) is 3.85. The number of piperidine rings is 1. The zero-order chi connectivity index (χ0) is 28.0. The van der Waals surface area contributed by atoms with Crippen LogP contribution in [0, 0.1) is 5.92 Å². The molecule has 0 bridgehead atoms. The molecule has 0 aromatic carbocycles. The number of nitrogens with two attached hydrogens (primary N) is 4. The second-order valence-corrected chi connectivity index (χ2v) is 9.26. The molecule has 3 rings (SSSR count). The highest BCUT2D eigenvalue weighted by Crippen LogP contribution is 2.34. The summed E-state index contributed by atoms with van der Waals surface area (Å²) in [4.78, 5) is 14.5. The van der Waals surface area contributed by atoms with Gasteiger partial charge in [-0.05, 0) is 56.6 Å². The van der Waals surface area contributed by atoms with Crippen LogP contribution in [0.3, 0.4) is 0 Å². The number of likely N-dealkylation sites (N-methyl/N-ethyl adjacent to an activating group) is 1. The minimum atomic E-state index is -2.71. The Morgan fingerprint density at radius 3 is 2.24 bits per heavy atom. The van der Waals surface area contributed by atoms with Crippen LogP contribution in [0.2, 0.25) is 0 Å². The number of anilines is 1. The molecule has 0 unspecified atom stereocenters. The monoisotopic (exact) mass is 526 g/mol. The molecule has 1 aliphatic heterocycles. The number of pyridine rings is 1. The van der Waals surface area contributed by atoms with Gasteiger partial charge in [-0.15, -0.1) is 0 Å². The van der Waals surface area contributed by atoms with E-state index in [2.05, 4.69) is 18.8 Å². The van der Waals surface area contributed by atoms with Crippen LogP contribution in [0.25, 0.3) is 5.70 Å². The Morgan fingerprint density at radius 1 is 1.19 bits per heavy atom. The molecule has 0 amide bonds. The quantitative estimate of drug-likeness (QED) is 0.183. The van der Waals surface area contributed by atoms with E-state index in [0.717, 1.165) is 38.8 Å². The average molecular weight is 527 g/mol. The number of halogens is 2. The number of carboxylic acid groups (broad SMARTS) is 1. The van der Waals surface area contributed by atoms with Gasteiger partial charge in [0.15, 0.2) is 0 Å². The molecule has 2 aliphatic rings. The Morgan fingerprint density at radius 2 is 1.76 bits per heavy atom. The summed E-state index contributed by atoms with van der Waals surface area (Å²) in [5.41, 5.74) is 14.1. The van der Waals surface area contributed by atoms with E-state index in [0.29, 0.717) is 23.0 Å². The van der Waals surface area contributed by atoms with Crippen LogP contribution >= 0.6 is 0 Å². The van der Waals surface area contributed by atoms with Crippen molar-refractivity contribution in [2.75, 3.05) is 31.6 Å². The zero-order valence-corrected chi connectivity index (χ0v) is 22.2. The first-order valence-corrected chi connectivity index (χ1v) is 12.7. The summed E-state index contributed by atoms with van der Waals surface area (Å²) < 4.78 is 27.6. The topological polar surface area (TPSA) is 164 Å². The number of nitrogens with zero attached hydrogens (tertiary/aromatic N) is 4. The van der Waals surface area contributed by atoms with Gasteiger partial charge in [0.2, 0.25) is 0 Å². The highest BCUT2D eigenvalue weighted by atomic mass is 19.3. The normalized spacial score (nSPS) is 16.1. The molecule has 1 saturated heterocycles. The van der Waals surface area contributed by atoms with Gasteiger partial charge in [-0.25, -0.2) is 25.5 Å². The molecule has 9 N–H and O–H groups in total. The molecule has 2 fully saturated rings. The first-order valence-electron chi connectivity index (χ1n) is 12.7. The smallest absolute Gasteiger partial charge is 0.290 e. The van der Waals surface area contributed by atoms with Crippen molar-refractivity contribution in [3.8, 4) is 0 Å². The van der Waals surface area contributed by atoms with Gasteiger partial charge < -0.3 is 31.5 Å². The Bertz CT molecular complexity index is 885. The molecule has 1 saturated carbocycles. The second kappa shape index (κ2) is 16.6. The van der Waals surface area contributed by atoms with Crippen LogP contribution in [0.5, 0.6) is 0 Å². The van der Waals surface area contributed by atoms with E-state index in [1.165, 1.54) is 29.3 Å². The van der Waals surface area contributed by atoms with Gasteiger partial charge in [0.1, 0.15) is 5.69 Å². The van der Waals surface area contributed by atoms with E-state index in [9.17, 15) is 8.78 Å². The molecule has 0 radical (unpaired) electrons. The van der Waals surface area contributed by atoms with Crippen molar-refractivity contribution in [1.29, 1.82) is 0 Å². The zero-order valence-electron chi connectivity index (χ0n) is 22.2. The van der Waals surface area contributed by atoms with Gasteiger partial charge in [-0.1, -0.05) is 20.3 Å². The summed E-state index contributed by atoms with van der Waals surface area (Å²) in [6, 6.07) is 3.33. The number of hydrogen-bond acceptors (Lipinski definition) is 9. The molecule has 210 valence electrons. The number of aromatic nitrogens is 1. The van der Waals surface area contributed by atoms with Crippen LogP contribution < -0.4 is 28.1 Å². The van der Waals surface area contributed by atoms with Gasteiger partial charge in [0.25, 0.3) is 12.9 Å². The summed E-state index contributed by atoms with van der Waals surface area (Å²) in [6.07, 6.45) is 6.47. The highest BCUT2D eigenvalue weighted by molar-refractivity contribution is 5.65. The lowest BCUT2D eigenvalue weighted by atomic mass is 10.1. The summed E-state index contributed by atoms with van der Waals surface area (Å²) in [5.74, 6) is 12.7. The highest BCUT2D eigenvalue weighted by Gasteiger charge is 2.24. The van der Waals surface area contributed by atoms with Crippen molar-refractivity contribution in [2.45, 2.75) is 65.2 Å². The van der Waals surface area contributed by atoms with Crippen LogP contribution in [-0.2, 0) is 4.79 Å². The first kappa shape index (κ1) is 31.9. The standard InChI is InChI=1S/C21H34F2N8.C3H8.CH2O2/c1-29(26)18(13-31(27)12-15(24)11-14-5-6-14)19(25)16-7-8-17(20(28-16)21(22)23)30-9-3-2-4-10-30;1-3-2;2-1-3/h7-8,12,14,21H,2-6,9-11,13,24-27H2,1H3;3H2,1-2H3;1H,(H,2,3)/b15-12-,19-18-;;. The molecule has 37 heavy (non-hydrogen) atoms. The third-order valence-corrected chi connectivity index (χ3v) is 5.70. The van der Waals surface area contributed by atoms with Crippen molar-refractivity contribution in [2.24, 2.45) is 29.1 Å². The summed E-state index contributed by atoms with van der Waals surface area (Å²) in [7, 11) is 1.61. The van der Waals surface area contributed by atoms with E-state index in [4.69, 9.17) is 33.1 Å². The Kier molecular flexibility index (Phi) is 14.3. The molecule has 1 aromatic heterocycles. The third-order valence-electron chi connectivity index (χ3n) is 5.70. The predicted molar refractivity (Wildman–Crippen MR) is 143 cm³/mol. The number of hydrogen-bond donors (Lipinski definition) is 5. The lowest BCUT2D eigenvalue weighted by Gasteiger charge is -2.30. The first-order chi connectivity index (χ1) is 17.6. The van der Waals surface area contributed by atoms with Crippen molar-refractivity contribution in [3.05, 3.63) is 41.1 Å². The van der Waals surface area contributed by atoms with Crippen molar-refractivity contribution in [1.82, 2.24) is 15.0 Å². The number of carbonyl (C=O) groups is 1. The van der Waals surface area contributed by atoms with Crippen LogP contribution in [0.4, 0.5) is 14.5 Å². The van der Waals surface area contributed by atoms with Crippen LogP contribution in [0.1, 0.15) is 76.6 Å². The number of allylic oxidation sites excluding steroid dienone is 1. The number of alkyl halides is 2. The molecule has 0 atom stereocenters. The molecule has 2 heterocycles. The van der Waals surface area contributed by atoms with Crippen molar-refractivity contribution in [3.63, 3.8) is 0 Å². The van der Waals surface area contributed by atoms with Crippen molar-refractivity contribution < 1.29 is 18.7 Å². The lowest BCUT2D eigenvalue weighted by Crippen LogP contribution is -2.38. The third kappa shape index (κ3) is 11.2. The van der Waals surface area contributed by atoms with Crippen molar-refractivity contribution >= 4 is 17.9 Å². The minimum Gasteiger partial charge on any atom is -0.483 e. The van der Waals surface area contributed by atoms with E-state index >= 15 is 0 Å². The Balaban J connectivity index is 0.00000104. The maximum atomic E-state index is 13.8. The lowest BCUT2D eigenvalue weighted by molar-refractivity contribution is -0.122. The van der Waals surface area contributed by atoms with Gasteiger partial charge in [-0.2, -0.15) is 0 Å². The number of hydrazine groups is 2. The van der Waals surface area contributed by atoms with E-state index < -0.39 is 6.43 Å². The fourth-order valence-electron chi connectivity index (χ4n) is 3.85. The maximum Gasteiger partial charge on any atom is 0.290 e. The predicted octanol–water partition coefficient (Wildman–Crippen LogP) is 3.34. The summed E-state index contributed by atoms with van der Waals surface area (Å²) in [6.45, 7) is 5.66. The molecular formula is C25H44F2N8O2. The largest absolute Gasteiger partial charge is 0.483 e. The molecule has 12 heteroatoms. The van der Waals surface area contributed by atoms with Crippen LogP contribution in [-0.4, -0.2) is 53.3 Å². The van der Waals surface area contributed by atoms with Gasteiger partial charge in [-0.3, -0.25) is 4.79 Å². The summed E-state index contributed by atoms with van der Waals surface area (Å²) in [5, 5.41) is 9.61. The Hall–Kier alpha value is -3.12. The van der Waals surface area contributed by atoms with E-state index in [1.807, 2.05) is 4.90 Å². The van der Waals surface area contributed by atoms with Crippen LogP contribution in [0.15, 0.2) is 29.7 Å². The van der Waals surface area contributed by atoms with E-state index in [-0.39, 0.29) is 30.1 Å². The van der Waals surface area contributed by atoms with Gasteiger partial charge in [0.05, 0.1) is 29.3 Å². The SMILES string of the molecule is CCC.CN(N)/C(CN(N)/C=C(\N)CC1CC1)=C(\N)c1ccc(N2CCCCC2)c(C(F)F)n1.O=CO.